The zero-order valence-electron chi connectivity index (χ0n) is 17.3. The molecule has 1 aliphatic rings. The SMILES string of the molecule is COc1cc(OCc2ccccc2)ccc1C[NH+]1CCN(c2ccc(F)cc2)CC1. The summed E-state index contributed by atoms with van der Waals surface area (Å²) >= 11 is 0. The Balaban J connectivity index is 1.33. The molecule has 0 spiro atoms. The van der Waals surface area contributed by atoms with Gasteiger partial charge in [0.05, 0.1) is 33.3 Å². The molecule has 0 saturated carbocycles. The third-order valence-corrected chi connectivity index (χ3v) is 5.61. The molecule has 156 valence electrons. The molecule has 0 unspecified atom stereocenters. The lowest BCUT2D eigenvalue weighted by Crippen LogP contribution is -3.13. The van der Waals surface area contributed by atoms with Crippen LogP contribution in [0.25, 0.3) is 0 Å². The van der Waals surface area contributed by atoms with Crippen LogP contribution in [0.4, 0.5) is 10.1 Å². The molecule has 3 aromatic carbocycles. The number of ether oxygens (including phenoxy) is 2. The monoisotopic (exact) mass is 407 g/mol. The second-order valence-electron chi connectivity index (χ2n) is 7.64. The maximum atomic E-state index is 13.1. The van der Waals surface area contributed by atoms with Crippen molar-refractivity contribution in [3.05, 3.63) is 89.7 Å². The fourth-order valence-corrected chi connectivity index (χ4v) is 3.88. The summed E-state index contributed by atoms with van der Waals surface area (Å²) < 4.78 is 24.7. The van der Waals surface area contributed by atoms with E-state index in [4.69, 9.17) is 9.47 Å². The van der Waals surface area contributed by atoms with E-state index >= 15 is 0 Å². The van der Waals surface area contributed by atoms with E-state index in [1.54, 1.807) is 7.11 Å². The van der Waals surface area contributed by atoms with E-state index in [2.05, 4.69) is 23.1 Å². The highest BCUT2D eigenvalue weighted by Gasteiger charge is 2.21. The number of nitrogens with one attached hydrogen (secondary N) is 1. The third-order valence-electron chi connectivity index (χ3n) is 5.61. The van der Waals surface area contributed by atoms with Crippen molar-refractivity contribution in [2.75, 3.05) is 38.2 Å². The average molecular weight is 408 g/mol. The van der Waals surface area contributed by atoms with Crippen LogP contribution in [0, 0.1) is 5.82 Å². The minimum absolute atomic E-state index is 0.189. The van der Waals surface area contributed by atoms with Crippen LogP contribution in [-0.4, -0.2) is 33.3 Å². The third kappa shape index (κ3) is 5.10. The van der Waals surface area contributed by atoms with E-state index in [9.17, 15) is 4.39 Å². The van der Waals surface area contributed by atoms with Crippen LogP contribution in [0.3, 0.4) is 0 Å². The Kier molecular flexibility index (Phi) is 6.50. The summed E-state index contributed by atoms with van der Waals surface area (Å²) in [5, 5.41) is 0. The number of benzene rings is 3. The van der Waals surface area contributed by atoms with E-state index in [1.807, 2.05) is 42.5 Å². The van der Waals surface area contributed by atoms with Gasteiger partial charge in [0.2, 0.25) is 0 Å². The van der Waals surface area contributed by atoms with Gasteiger partial charge in [-0.15, -0.1) is 0 Å². The second kappa shape index (κ2) is 9.63. The van der Waals surface area contributed by atoms with Gasteiger partial charge < -0.3 is 19.3 Å². The van der Waals surface area contributed by atoms with Gasteiger partial charge in [0.25, 0.3) is 0 Å². The van der Waals surface area contributed by atoms with Crippen LogP contribution in [0.1, 0.15) is 11.1 Å². The van der Waals surface area contributed by atoms with Gasteiger partial charge in [-0.05, 0) is 42.0 Å². The molecule has 4 nitrogen and oxygen atoms in total. The normalized spacial score (nSPS) is 14.5. The van der Waals surface area contributed by atoms with Crippen LogP contribution in [0.15, 0.2) is 72.8 Å². The number of anilines is 1. The number of methoxy groups -OCH3 is 1. The van der Waals surface area contributed by atoms with E-state index in [0.717, 1.165) is 55.5 Å². The van der Waals surface area contributed by atoms with Gasteiger partial charge in [0.15, 0.2) is 0 Å². The Morgan fingerprint density at radius 3 is 2.37 bits per heavy atom. The van der Waals surface area contributed by atoms with Crippen LogP contribution in [0.2, 0.25) is 0 Å². The van der Waals surface area contributed by atoms with Gasteiger partial charge in [-0.1, -0.05) is 30.3 Å². The molecule has 1 N–H and O–H groups in total. The number of nitrogens with zero attached hydrogens (tertiary/aromatic N) is 1. The van der Waals surface area contributed by atoms with Gasteiger partial charge in [-0.2, -0.15) is 0 Å². The lowest BCUT2D eigenvalue weighted by molar-refractivity contribution is -0.914. The first kappa shape index (κ1) is 20.2. The molecule has 0 amide bonds. The molecule has 1 fully saturated rings. The fraction of sp³-hybridized carbons (Fsp3) is 0.280. The number of hydrogen-bond donors (Lipinski definition) is 1. The first-order valence-corrected chi connectivity index (χ1v) is 10.4. The molecule has 3 aromatic rings. The van der Waals surface area contributed by atoms with Gasteiger partial charge >= 0.3 is 0 Å². The molecule has 0 atom stereocenters. The number of hydrogen-bond acceptors (Lipinski definition) is 3. The van der Waals surface area contributed by atoms with E-state index < -0.39 is 0 Å². The lowest BCUT2D eigenvalue weighted by Gasteiger charge is -2.33. The largest absolute Gasteiger partial charge is 0.496 e. The van der Waals surface area contributed by atoms with Gasteiger partial charge in [-0.25, -0.2) is 4.39 Å². The first-order valence-electron chi connectivity index (χ1n) is 10.4. The number of rotatable bonds is 7. The van der Waals surface area contributed by atoms with Crippen molar-refractivity contribution in [1.29, 1.82) is 0 Å². The van der Waals surface area contributed by atoms with Crippen molar-refractivity contribution in [2.45, 2.75) is 13.2 Å². The molecule has 0 bridgehead atoms. The topological polar surface area (TPSA) is 26.1 Å². The minimum atomic E-state index is -0.189. The summed E-state index contributed by atoms with van der Waals surface area (Å²) in [5.41, 5.74) is 3.42. The highest BCUT2D eigenvalue weighted by molar-refractivity contribution is 5.46. The predicted octanol–water partition coefficient (Wildman–Crippen LogP) is 3.32. The zero-order valence-corrected chi connectivity index (χ0v) is 17.3. The Bertz CT molecular complexity index is 939. The van der Waals surface area contributed by atoms with Gasteiger partial charge in [-0.3, -0.25) is 0 Å². The first-order chi connectivity index (χ1) is 14.7. The minimum Gasteiger partial charge on any atom is -0.496 e. The Labute approximate surface area is 177 Å². The highest BCUT2D eigenvalue weighted by Crippen LogP contribution is 2.25. The zero-order chi connectivity index (χ0) is 20.8. The summed E-state index contributed by atoms with van der Waals surface area (Å²) in [4.78, 5) is 3.84. The summed E-state index contributed by atoms with van der Waals surface area (Å²) in [6.45, 7) is 5.45. The van der Waals surface area contributed by atoms with E-state index in [0.29, 0.717) is 6.61 Å². The number of halogens is 1. The second-order valence-corrected chi connectivity index (χ2v) is 7.64. The summed E-state index contributed by atoms with van der Waals surface area (Å²) in [5.74, 6) is 1.50. The summed E-state index contributed by atoms with van der Waals surface area (Å²) in [7, 11) is 1.71. The average Bonchev–Trinajstić information content (AvgIpc) is 2.80. The van der Waals surface area contributed by atoms with Crippen LogP contribution < -0.4 is 19.3 Å². The van der Waals surface area contributed by atoms with E-state index in [1.165, 1.54) is 22.6 Å². The Hall–Kier alpha value is -3.05. The molecule has 0 aromatic heterocycles. The molecule has 1 heterocycles. The smallest absolute Gasteiger partial charge is 0.131 e. The fourth-order valence-electron chi connectivity index (χ4n) is 3.88. The molecule has 30 heavy (non-hydrogen) atoms. The van der Waals surface area contributed by atoms with Gasteiger partial charge in [0.1, 0.15) is 30.5 Å². The summed E-state index contributed by atoms with van der Waals surface area (Å²) in [6, 6.07) is 23.0. The number of quaternary nitrogens is 1. The molecule has 5 heteroatoms. The maximum absolute atomic E-state index is 13.1. The van der Waals surface area contributed by atoms with Crippen LogP contribution in [-0.2, 0) is 13.2 Å². The Morgan fingerprint density at radius 1 is 0.933 bits per heavy atom. The molecule has 1 aliphatic heterocycles. The predicted molar refractivity (Wildman–Crippen MR) is 117 cm³/mol. The molecule has 4 rings (SSSR count). The highest BCUT2D eigenvalue weighted by atomic mass is 19.1. The molecule has 0 aliphatic carbocycles. The van der Waals surface area contributed by atoms with Crippen molar-refractivity contribution in [2.24, 2.45) is 0 Å². The van der Waals surface area contributed by atoms with Crippen molar-refractivity contribution in [3.63, 3.8) is 0 Å². The number of piperazine rings is 1. The standard InChI is InChI=1S/C25H27FN2O2/c1-29-25-17-24(30-19-20-5-3-2-4-6-20)12-7-21(25)18-27-13-15-28(16-14-27)23-10-8-22(26)9-11-23/h2-12,17H,13-16,18-19H2,1H3/p+1. The van der Waals surface area contributed by atoms with Crippen molar-refractivity contribution >= 4 is 5.69 Å². The molecular weight excluding hydrogens is 379 g/mol. The molecular formula is C25H28FN2O2+. The van der Waals surface area contributed by atoms with Crippen LogP contribution >= 0.6 is 0 Å². The van der Waals surface area contributed by atoms with Crippen molar-refractivity contribution in [3.8, 4) is 11.5 Å². The Morgan fingerprint density at radius 2 is 1.67 bits per heavy atom. The molecule has 1 saturated heterocycles. The van der Waals surface area contributed by atoms with Crippen LogP contribution in [0.5, 0.6) is 11.5 Å². The van der Waals surface area contributed by atoms with Crippen molar-refractivity contribution in [1.82, 2.24) is 0 Å². The quantitative estimate of drug-likeness (QED) is 0.651. The maximum Gasteiger partial charge on any atom is 0.131 e. The molecule has 0 radical (unpaired) electrons. The van der Waals surface area contributed by atoms with E-state index in [-0.39, 0.29) is 5.82 Å². The lowest BCUT2D eigenvalue weighted by atomic mass is 10.1. The summed E-state index contributed by atoms with van der Waals surface area (Å²) in [6.07, 6.45) is 0. The van der Waals surface area contributed by atoms with Crippen molar-refractivity contribution < 1.29 is 18.8 Å². The van der Waals surface area contributed by atoms with Gasteiger partial charge in [0, 0.05) is 17.3 Å².